The molecule has 0 unspecified atom stereocenters. The van der Waals surface area contributed by atoms with Crippen LogP contribution in [-0.4, -0.2) is 55.8 Å². The highest BCUT2D eigenvalue weighted by molar-refractivity contribution is 7.98. The zero-order chi connectivity index (χ0) is 22.1. The van der Waals surface area contributed by atoms with Crippen LogP contribution in [0.25, 0.3) is 22.3 Å². The summed E-state index contributed by atoms with van der Waals surface area (Å²) in [6, 6.07) is 11.5. The number of likely N-dealkylation sites (tertiary alicyclic amines) is 1. The first-order valence-corrected chi connectivity index (χ1v) is 11.9. The molecule has 1 aliphatic rings. The molecule has 1 fully saturated rings. The molecule has 0 radical (unpaired) electrons. The summed E-state index contributed by atoms with van der Waals surface area (Å²) in [6.07, 6.45) is 4.75. The van der Waals surface area contributed by atoms with E-state index >= 15 is 0 Å². The number of thioether (sulfide) groups is 1. The van der Waals surface area contributed by atoms with Crippen LogP contribution in [0.4, 0.5) is 8.78 Å². The Morgan fingerprint density at radius 3 is 2.56 bits per heavy atom. The maximum atomic E-state index is 13.4. The van der Waals surface area contributed by atoms with E-state index in [-0.39, 0.29) is 17.7 Å². The maximum Gasteiger partial charge on any atom is 0.165 e. The summed E-state index contributed by atoms with van der Waals surface area (Å²) in [7, 11) is 0. The first kappa shape index (κ1) is 21.1. The number of nitrogens with one attached hydrogen (secondary N) is 1. The first-order chi connectivity index (χ1) is 15.6. The van der Waals surface area contributed by atoms with Gasteiger partial charge in [0, 0.05) is 37.7 Å². The smallest absolute Gasteiger partial charge is 0.165 e. The first-order valence-electron chi connectivity index (χ1n) is 10.7. The fourth-order valence-corrected chi connectivity index (χ4v) is 4.76. The summed E-state index contributed by atoms with van der Waals surface area (Å²) in [6.45, 7) is 2.82. The van der Waals surface area contributed by atoms with E-state index in [1.807, 2.05) is 10.9 Å². The average molecular weight is 455 g/mol. The fourth-order valence-electron chi connectivity index (χ4n) is 4.35. The number of fused-ring (bicyclic) bond motifs is 1. The standard InChI is InChI=1S/C23H24F2N6S/c1-32-23-26-19(22(27-23)15-2-4-16(24)5-3-15)10-13-30-11-8-18(9-12-30)31-21-7-6-17(25)14-20(21)28-29-31/h2-7,14,18H,8-13H2,1H3,(H,26,27). The monoisotopic (exact) mass is 454 g/mol. The van der Waals surface area contributed by atoms with Gasteiger partial charge in [0.1, 0.15) is 17.2 Å². The van der Waals surface area contributed by atoms with E-state index in [9.17, 15) is 8.78 Å². The van der Waals surface area contributed by atoms with Crippen LogP contribution < -0.4 is 0 Å². The number of nitrogens with zero attached hydrogens (tertiary/aromatic N) is 5. The van der Waals surface area contributed by atoms with Crippen molar-refractivity contribution in [3.63, 3.8) is 0 Å². The molecule has 0 saturated carbocycles. The Hall–Kier alpha value is -2.78. The molecule has 32 heavy (non-hydrogen) atoms. The van der Waals surface area contributed by atoms with Gasteiger partial charge in [0.15, 0.2) is 5.16 Å². The topological polar surface area (TPSA) is 62.6 Å². The molecule has 2 aromatic carbocycles. The van der Waals surface area contributed by atoms with Crippen LogP contribution in [0.1, 0.15) is 24.6 Å². The molecule has 0 amide bonds. The second-order valence-corrected chi connectivity index (χ2v) is 8.86. The molecular weight excluding hydrogens is 430 g/mol. The van der Waals surface area contributed by atoms with Gasteiger partial charge in [-0.2, -0.15) is 0 Å². The Balaban J connectivity index is 1.23. The van der Waals surface area contributed by atoms with Gasteiger partial charge in [-0.05, 0) is 55.5 Å². The van der Waals surface area contributed by atoms with Gasteiger partial charge >= 0.3 is 0 Å². The third kappa shape index (κ3) is 4.27. The summed E-state index contributed by atoms with van der Waals surface area (Å²) < 4.78 is 28.7. The molecule has 0 atom stereocenters. The molecule has 0 aliphatic carbocycles. The molecule has 0 bridgehead atoms. The minimum atomic E-state index is -0.289. The zero-order valence-electron chi connectivity index (χ0n) is 17.8. The maximum absolute atomic E-state index is 13.4. The van der Waals surface area contributed by atoms with E-state index in [0.29, 0.717) is 5.52 Å². The summed E-state index contributed by atoms with van der Waals surface area (Å²) in [5.41, 5.74) is 4.40. The largest absolute Gasteiger partial charge is 0.333 e. The van der Waals surface area contributed by atoms with Crippen molar-refractivity contribution in [2.75, 3.05) is 25.9 Å². The number of imidazole rings is 1. The Morgan fingerprint density at radius 1 is 1.06 bits per heavy atom. The number of hydrogen-bond acceptors (Lipinski definition) is 5. The van der Waals surface area contributed by atoms with E-state index < -0.39 is 0 Å². The van der Waals surface area contributed by atoms with Crippen molar-refractivity contribution in [1.82, 2.24) is 29.9 Å². The SMILES string of the molecule is CSc1nc(CCN2CCC(n3nnc4cc(F)ccc43)CC2)c(-c2ccc(F)cc2)[nH]1. The quantitative estimate of drug-likeness (QED) is 0.428. The molecule has 1 saturated heterocycles. The van der Waals surface area contributed by atoms with Crippen LogP contribution in [0, 0.1) is 11.6 Å². The number of piperidine rings is 1. The Labute approximate surface area is 189 Å². The van der Waals surface area contributed by atoms with Crippen LogP contribution in [0.15, 0.2) is 47.6 Å². The second-order valence-electron chi connectivity index (χ2n) is 8.06. The summed E-state index contributed by atoms with van der Waals surface area (Å²) in [5.74, 6) is -0.532. The van der Waals surface area contributed by atoms with Crippen molar-refractivity contribution in [2.45, 2.75) is 30.5 Å². The minimum Gasteiger partial charge on any atom is -0.333 e. The summed E-state index contributed by atoms with van der Waals surface area (Å²) in [5, 5.41) is 9.27. The van der Waals surface area contributed by atoms with Crippen molar-refractivity contribution >= 4 is 22.8 Å². The van der Waals surface area contributed by atoms with Gasteiger partial charge in [-0.15, -0.1) is 5.10 Å². The van der Waals surface area contributed by atoms with Crippen molar-refractivity contribution in [3.8, 4) is 11.3 Å². The number of aromatic amines is 1. The van der Waals surface area contributed by atoms with Gasteiger partial charge in [-0.25, -0.2) is 18.4 Å². The highest BCUT2D eigenvalue weighted by Gasteiger charge is 2.23. The Bertz CT molecular complexity index is 1210. The van der Waals surface area contributed by atoms with Crippen molar-refractivity contribution in [1.29, 1.82) is 0 Å². The molecule has 6 nitrogen and oxygen atoms in total. The summed E-state index contributed by atoms with van der Waals surface area (Å²) >= 11 is 1.57. The highest BCUT2D eigenvalue weighted by Crippen LogP contribution is 2.28. The molecule has 4 aromatic rings. The zero-order valence-corrected chi connectivity index (χ0v) is 18.6. The molecule has 0 spiro atoms. The number of rotatable bonds is 6. The molecule has 166 valence electrons. The van der Waals surface area contributed by atoms with Crippen LogP contribution >= 0.6 is 11.8 Å². The lowest BCUT2D eigenvalue weighted by atomic mass is 10.0. The minimum absolute atomic E-state index is 0.243. The van der Waals surface area contributed by atoms with Crippen LogP contribution in [0.2, 0.25) is 0 Å². The molecule has 9 heteroatoms. The number of aromatic nitrogens is 5. The molecule has 3 heterocycles. The highest BCUT2D eigenvalue weighted by atomic mass is 32.2. The molecular formula is C23H24F2N6S. The number of halogens is 2. The van der Waals surface area contributed by atoms with Gasteiger partial charge < -0.3 is 9.88 Å². The van der Waals surface area contributed by atoms with Crippen molar-refractivity contribution in [2.24, 2.45) is 0 Å². The number of benzene rings is 2. The van der Waals surface area contributed by atoms with E-state index in [4.69, 9.17) is 4.98 Å². The fraction of sp³-hybridized carbons (Fsp3) is 0.348. The van der Waals surface area contributed by atoms with Crippen LogP contribution in [0.5, 0.6) is 0 Å². The lowest BCUT2D eigenvalue weighted by Gasteiger charge is -2.31. The normalized spacial score (nSPS) is 15.6. The average Bonchev–Trinajstić information content (AvgIpc) is 3.42. The van der Waals surface area contributed by atoms with E-state index in [1.54, 1.807) is 30.0 Å². The lowest BCUT2D eigenvalue weighted by molar-refractivity contribution is 0.182. The number of hydrogen-bond donors (Lipinski definition) is 1. The predicted molar refractivity (Wildman–Crippen MR) is 122 cm³/mol. The van der Waals surface area contributed by atoms with Crippen LogP contribution in [0.3, 0.4) is 0 Å². The van der Waals surface area contributed by atoms with E-state index in [0.717, 1.165) is 66.5 Å². The van der Waals surface area contributed by atoms with Gasteiger partial charge in [-0.3, -0.25) is 0 Å². The molecule has 1 aliphatic heterocycles. The van der Waals surface area contributed by atoms with Gasteiger partial charge in [0.05, 0.1) is 22.9 Å². The van der Waals surface area contributed by atoms with Gasteiger partial charge in [0.2, 0.25) is 0 Å². The number of H-pyrrole nitrogens is 1. The Morgan fingerprint density at radius 2 is 1.81 bits per heavy atom. The molecule has 1 N–H and O–H groups in total. The van der Waals surface area contributed by atoms with E-state index in [2.05, 4.69) is 20.2 Å². The third-order valence-electron chi connectivity index (χ3n) is 6.08. The lowest BCUT2D eigenvalue weighted by Crippen LogP contribution is -2.36. The predicted octanol–water partition coefficient (Wildman–Crippen LogP) is 4.70. The van der Waals surface area contributed by atoms with Crippen molar-refractivity contribution < 1.29 is 8.78 Å². The molecule has 2 aromatic heterocycles. The van der Waals surface area contributed by atoms with Crippen LogP contribution in [-0.2, 0) is 6.42 Å². The molecule has 5 rings (SSSR count). The van der Waals surface area contributed by atoms with Gasteiger partial charge in [0.25, 0.3) is 0 Å². The summed E-state index contributed by atoms with van der Waals surface area (Å²) in [4.78, 5) is 10.6. The second kappa shape index (κ2) is 8.99. The third-order valence-corrected chi connectivity index (χ3v) is 6.66. The van der Waals surface area contributed by atoms with E-state index in [1.165, 1.54) is 24.3 Å². The Kier molecular flexibility index (Phi) is 5.93. The van der Waals surface area contributed by atoms with Gasteiger partial charge in [-0.1, -0.05) is 17.0 Å². The van der Waals surface area contributed by atoms with Crippen molar-refractivity contribution in [3.05, 3.63) is 59.8 Å².